The Bertz CT molecular complexity index is 479. The molecule has 5 N–H and O–H groups in total. The molecule has 0 saturated heterocycles. The molecule has 2 atom stereocenters. The van der Waals surface area contributed by atoms with Crippen LogP contribution in [0.1, 0.15) is 19.3 Å². The van der Waals surface area contributed by atoms with E-state index < -0.39 is 58.2 Å². The molecule has 0 aliphatic heterocycles. The number of hydrogen-bond donors (Lipinski definition) is 5. The predicted molar refractivity (Wildman–Crippen MR) is 59.8 cm³/mol. The summed E-state index contributed by atoms with van der Waals surface area (Å²) in [6, 6.07) is 0. The monoisotopic (exact) mass is 333 g/mol. The van der Waals surface area contributed by atoms with Gasteiger partial charge in [-0.2, -0.15) is 4.52 Å². The van der Waals surface area contributed by atoms with Crippen LogP contribution in [0.25, 0.3) is 0 Å². The van der Waals surface area contributed by atoms with Gasteiger partial charge in [-0.1, -0.05) is 0 Å². The number of aliphatic carboxylic acids is 2. The number of carboxylic acid groups (broad SMARTS) is 2. The Hall–Kier alpha value is -1.38. The summed E-state index contributed by atoms with van der Waals surface area (Å²) in [6.45, 7) is 0. The first-order valence-corrected chi connectivity index (χ1v) is 7.54. The van der Waals surface area contributed by atoms with E-state index in [-0.39, 0.29) is 0 Å². The maximum absolute atomic E-state index is 11.3. The first kappa shape index (κ1) is 18.6. The highest BCUT2D eigenvalue weighted by Crippen LogP contribution is 2.55. The molecule has 0 saturated carbocycles. The lowest BCUT2D eigenvalue weighted by Crippen LogP contribution is -2.41. The Morgan fingerprint density at radius 1 is 1.20 bits per heavy atom. The van der Waals surface area contributed by atoms with E-state index in [0.717, 1.165) is 0 Å². The topological polar surface area (TPSA) is 196 Å². The van der Waals surface area contributed by atoms with Gasteiger partial charge in [0.2, 0.25) is 0 Å². The van der Waals surface area contributed by atoms with E-state index in [0.29, 0.717) is 0 Å². The molecule has 0 bridgehead atoms. The Morgan fingerprint density at radius 2 is 1.70 bits per heavy atom. The van der Waals surface area contributed by atoms with Crippen LogP contribution >= 0.6 is 15.9 Å². The van der Waals surface area contributed by atoms with Gasteiger partial charge in [-0.25, -0.2) is 4.79 Å². The highest BCUT2D eigenvalue weighted by atomic mass is 31.2. The number of rotatable bonds is 8. The molecular formula is C7H11O11P2+. The van der Waals surface area contributed by atoms with Crippen molar-refractivity contribution in [1.29, 1.82) is 0 Å². The highest BCUT2D eigenvalue weighted by molar-refractivity contribution is 7.54. The van der Waals surface area contributed by atoms with Gasteiger partial charge in [0.05, 0.1) is 12.8 Å². The molecule has 114 valence electrons. The van der Waals surface area contributed by atoms with Crippen LogP contribution in [0, 0.1) is 0 Å². The summed E-state index contributed by atoms with van der Waals surface area (Å²) in [5.41, 5.74) is 0. The smallest absolute Gasteiger partial charge is 0.481 e. The summed E-state index contributed by atoms with van der Waals surface area (Å²) in [5.74, 6) is -5.29. The fourth-order valence-corrected chi connectivity index (χ4v) is 2.59. The second-order valence-electron chi connectivity index (χ2n) is 3.65. The van der Waals surface area contributed by atoms with E-state index >= 15 is 0 Å². The molecule has 11 nitrogen and oxygen atoms in total. The molecule has 20 heavy (non-hydrogen) atoms. The van der Waals surface area contributed by atoms with Gasteiger partial charge in [0.25, 0.3) is 0 Å². The van der Waals surface area contributed by atoms with Gasteiger partial charge in [-0.05, 0) is 6.42 Å². The van der Waals surface area contributed by atoms with Gasteiger partial charge in [0.15, 0.2) is 5.16 Å². The van der Waals surface area contributed by atoms with E-state index in [1.54, 1.807) is 0 Å². The molecule has 0 heterocycles. The fourth-order valence-electron chi connectivity index (χ4n) is 1.34. The van der Waals surface area contributed by atoms with E-state index in [1.165, 1.54) is 0 Å². The van der Waals surface area contributed by atoms with Gasteiger partial charge >= 0.3 is 33.8 Å². The van der Waals surface area contributed by atoms with Crippen molar-refractivity contribution in [3.63, 3.8) is 0 Å². The van der Waals surface area contributed by atoms with E-state index in [1.807, 2.05) is 0 Å². The maximum atomic E-state index is 11.3. The van der Waals surface area contributed by atoms with Crippen molar-refractivity contribution in [2.75, 3.05) is 0 Å². The van der Waals surface area contributed by atoms with Crippen molar-refractivity contribution >= 4 is 33.8 Å². The van der Waals surface area contributed by atoms with Crippen LogP contribution in [0.2, 0.25) is 0 Å². The van der Waals surface area contributed by atoms with Gasteiger partial charge in [-0.15, -0.1) is 4.89 Å². The van der Waals surface area contributed by atoms with E-state index in [4.69, 9.17) is 24.9 Å². The maximum Gasteiger partial charge on any atom is 0.750 e. The zero-order valence-electron chi connectivity index (χ0n) is 9.70. The number of hydrogen-bond acceptors (Lipinski definition) is 6. The third kappa shape index (κ3) is 4.95. The SMILES string of the molecule is O=C(O)CC(CCC(=O)O[P+](=O)O)(C(=O)O)P(=O)(O)O. The average molecular weight is 333 g/mol. The normalized spacial score (nSPS) is 15.1. The quantitative estimate of drug-likeness (QED) is 0.357. The lowest BCUT2D eigenvalue weighted by atomic mass is 9.98. The van der Waals surface area contributed by atoms with Crippen molar-refractivity contribution in [3.05, 3.63) is 0 Å². The Labute approximate surface area is 112 Å². The van der Waals surface area contributed by atoms with Crippen LogP contribution < -0.4 is 0 Å². The summed E-state index contributed by atoms with van der Waals surface area (Å²) in [7, 11) is -8.74. The molecule has 0 radical (unpaired) electrons. The minimum Gasteiger partial charge on any atom is -0.481 e. The molecule has 0 amide bonds. The number of carbonyl (C=O) groups excluding carboxylic acids is 1. The fraction of sp³-hybridized carbons (Fsp3) is 0.571. The molecule has 0 rings (SSSR count). The third-order valence-electron chi connectivity index (χ3n) is 2.32. The Kier molecular flexibility index (Phi) is 6.39. The summed E-state index contributed by atoms with van der Waals surface area (Å²) in [4.78, 5) is 58.9. The molecule has 0 aromatic carbocycles. The summed E-state index contributed by atoms with van der Waals surface area (Å²) in [5, 5.41) is 14.4. The summed E-state index contributed by atoms with van der Waals surface area (Å²) < 4.78 is 25.2. The van der Waals surface area contributed by atoms with Gasteiger partial charge in [0, 0.05) is 4.57 Å². The van der Waals surface area contributed by atoms with Crippen molar-refractivity contribution in [3.8, 4) is 0 Å². The minimum atomic E-state index is -5.43. The largest absolute Gasteiger partial charge is 0.750 e. The van der Waals surface area contributed by atoms with Crippen molar-refractivity contribution in [2.24, 2.45) is 0 Å². The molecule has 0 aromatic rings. The van der Waals surface area contributed by atoms with Crippen LogP contribution in [0.3, 0.4) is 0 Å². The second kappa shape index (κ2) is 6.87. The van der Waals surface area contributed by atoms with Crippen molar-refractivity contribution in [1.82, 2.24) is 0 Å². The molecular weight excluding hydrogens is 322 g/mol. The second-order valence-corrected chi connectivity index (χ2v) is 6.25. The molecule has 0 fully saturated rings. The summed E-state index contributed by atoms with van der Waals surface area (Å²) >= 11 is 0. The lowest BCUT2D eigenvalue weighted by Gasteiger charge is -2.27. The zero-order valence-corrected chi connectivity index (χ0v) is 11.5. The van der Waals surface area contributed by atoms with Gasteiger partial charge < -0.3 is 20.0 Å². The molecule has 0 aliphatic carbocycles. The van der Waals surface area contributed by atoms with Crippen LogP contribution in [-0.2, 0) is 28.0 Å². The molecule has 13 heteroatoms. The lowest BCUT2D eigenvalue weighted by molar-refractivity contribution is -0.148. The first-order valence-electron chi connectivity index (χ1n) is 4.80. The van der Waals surface area contributed by atoms with Gasteiger partial charge in [-0.3, -0.25) is 14.2 Å². The van der Waals surface area contributed by atoms with E-state index in [2.05, 4.69) is 4.52 Å². The number of carboxylic acids is 2. The molecule has 0 aromatic heterocycles. The van der Waals surface area contributed by atoms with Crippen LogP contribution in [0.5, 0.6) is 0 Å². The Balaban J connectivity index is 5.28. The Morgan fingerprint density at radius 3 is 2.00 bits per heavy atom. The van der Waals surface area contributed by atoms with Gasteiger partial charge in [0.1, 0.15) is 0 Å². The van der Waals surface area contributed by atoms with Crippen molar-refractivity contribution in [2.45, 2.75) is 24.4 Å². The predicted octanol–water partition coefficient (Wildman–Crippen LogP) is -0.565. The van der Waals surface area contributed by atoms with Crippen molar-refractivity contribution < 1.29 is 52.9 Å². The molecule has 0 spiro atoms. The standard InChI is InChI=1S/C7H10O11P2/c8-4(9)3-7(6(11)12,20(15,16)17)2-1-5(10)18-19(13)14/h1-3H2,(H4-,8,9,11,12,13,14,15,16,17)/p+1. The zero-order chi connectivity index (χ0) is 16.1. The minimum absolute atomic E-state index is 0.952. The molecule has 2 unspecified atom stereocenters. The average Bonchev–Trinajstić information content (AvgIpc) is 2.20. The van der Waals surface area contributed by atoms with Crippen LogP contribution in [0.15, 0.2) is 0 Å². The highest BCUT2D eigenvalue weighted by Gasteiger charge is 2.55. The third-order valence-corrected chi connectivity index (χ3v) is 4.37. The first-order chi connectivity index (χ1) is 8.92. The molecule has 0 aliphatic rings. The number of carbonyl (C=O) groups is 3. The summed E-state index contributed by atoms with van der Waals surface area (Å²) in [6.07, 6.45) is -3.45. The van der Waals surface area contributed by atoms with E-state index in [9.17, 15) is 23.5 Å². The van der Waals surface area contributed by atoms with Crippen LogP contribution in [0.4, 0.5) is 0 Å². The van der Waals surface area contributed by atoms with Crippen LogP contribution in [-0.4, -0.2) is 48.0 Å².